The van der Waals surface area contributed by atoms with Crippen molar-refractivity contribution in [1.29, 1.82) is 0 Å². The summed E-state index contributed by atoms with van der Waals surface area (Å²) in [6.45, 7) is 0. The van der Waals surface area contributed by atoms with Crippen LogP contribution in [-0.2, 0) is 0 Å². The molecule has 2 aromatic rings. The fourth-order valence-corrected chi connectivity index (χ4v) is 2.16. The molecule has 4 N–H and O–H groups in total. The summed E-state index contributed by atoms with van der Waals surface area (Å²) in [6.07, 6.45) is 0. The van der Waals surface area contributed by atoms with Crippen molar-refractivity contribution in [2.75, 3.05) is 5.73 Å². The lowest BCUT2D eigenvalue weighted by molar-refractivity contribution is 0.0698. The second kappa shape index (κ2) is 2.88. The molecule has 0 amide bonds. The van der Waals surface area contributed by atoms with E-state index in [9.17, 15) is 9.90 Å². The number of benzene rings is 1. The average molecular weight is 209 g/mol. The summed E-state index contributed by atoms with van der Waals surface area (Å²) in [5.41, 5.74) is 5.93. The van der Waals surface area contributed by atoms with Crippen molar-refractivity contribution in [3.8, 4) is 5.06 Å². The quantitative estimate of drug-likeness (QED) is 0.626. The molecule has 2 rings (SSSR count). The smallest absolute Gasteiger partial charge is 0.337 e. The van der Waals surface area contributed by atoms with Gasteiger partial charge in [0.25, 0.3) is 0 Å². The van der Waals surface area contributed by atoms with Gasteiger partial charge in [-0.1, -0.05) is 17.4 Å². The Kier molecular flexibility index (Phi) is 1.82. The van der Waals surface area contributed by atoms with Gasteiger partial charge in [-0.2, -0.15) is 0 Å². The molecular weight excluding hydrogens is 202 g/mol. The van der Waals surface area contributed by atoms with Crippen LogP contribution in [-0.4, -0.2) is 16.2 Å². The average Bonchev–Trinajstić information content (AvgIpc) is 2.46. The summed E-state index contributed by atoms with van der Waals surface area (Å²) < 4.78 is 0.613. The summed E-state index contributed by atoms with van der Waals surface area (Å²) in [5.74, 6) is -1.06. The normalized spacial score (nSPS) is 10.6. The Morgan fingerprint density at radius 3 is 2.79 bits per heavy atom. The van der Waals surface area contributed by atoms with Gasteiger partial charge in [-0.05, 0) is 17.5 Å². The molecular formula is C9H7NO3S. The molecule has 72 valence electrons. The van der Waals surface area contributed by atoms with E-state index in [1.165, 1.54) is 6.07 Å². The first kappa shape index (κ1) is 8.83. The van der Waals surface area contributed by atoms with E-state index in [-0.39, 0.29) is 16.3 Å². The van der Waals surface area contributed by atoms with Crippen molar-refractivity contribution in [2.24, 2.45) is 0 Å². The Morgan fingerprint density at radius 2 is 2.14 bits per heavy atom. The Hall–Kier alpha value is -1.75. The first-order chi connectivity index (χ1) is 6.59. The Labute approximate surface area is 83.2 Å². The van der Waals surface area contributed by atoms with Crippen molar-refractivity contribution in [3.05, 3.63) is 23.8 Å². The number of carboxylic acid groups (broad SMARTS) is 1. The zero-order valence-corrected chi connectivity index (χ0v) is 7.84. The number of aromatic hydroxyl groups is 1. The number of hydrogen-bond donors (Lipinski definition) is 3. The van der Waals surface area contributed by atoms with Crippen LogP contribution in [0.5, 0.6) is 5.06 Å². The van der Waals surface area contributed by atoms with E-state index < -0.39 is 5.97 Å². The van der Waals surface area contributed by atoms with Gasteiger partial charge in [0.1, 0.15) is 0 Å². The van der Waals surface area contributed by atoms with E-state index in [0.29, 0.717) is 4.70 Å². The summed E-state index contributed by atoms with van der Waals surface area (Å²) in [5, 5.41) is 18.9. The van der Waals surface area contributed by atoms with Crippen LogP contribution < -0.4 is 5.73 Å². The van der Waals surface area contributed by atoms with Crippen LogP contribution in [0.1, 0.15) is 10.4 Å². The zero-order chi connectivity index (χ0) is 10.3. The maximum Gasteiger partial charge on any atom is 0.337 e. The van der Waals surface area contributed by atoms with Crippen molar-refractivity contribution >= 4 is 33.1 Å². The summed E-state index contributed by atoms with van der Waals surface area (Å²) in [6, 6.07) is 4.62. The van der Waals surface area contributed by atoms with E-state index in [2.05, 4.69) is 0 Å². The molecule has 1 aromatic heterocycles. The largest absolute Gasteiger partial charge is 0.499 e. The number of nitrogens with two attached hydrogens (primary N) is 1. The standard InChI is InChI=1S/C9H7NO3S/c10-7-5(9(12)13)2-1-4-3-6(11)14-8(4)7/h1-3,11H,10H2,(H,12,13). The third-order valence-electron chi connectivity index (χ3n) is 1.94. The molecule has 0 fully saturated rings. The first-order valence-corrected chi connectivity index (χ1v) is 4.65. The van der Waals surface area contributed by atoms with E-state index >= 15 is 0 Å². The Bertz CT molecular complexity index is 518. The molecule has 14 heavy (non-hydrogen) atoms. The van der Waals surface area contributed by atoms with Gasteiger partial charge >= 0.3 is 5.97 Å². The van der Waals surface area contributed by atoms with Gasteiger partial charge in [0.15, 0.2) is 5.06 Å². The van der Waals surface area contributed by atoms with Crippen LogP contribution >= 0.6 is 11.3 Å². The van der Waals surface area contributed by atoms with Crippen LogP contribution in [0.4, 0.5) is 5.69 Å². The van der Waals surface area contributed by atoms with Crippen LogP contribution in [0.2, 0.25) is 0 Å². The van der Waals surface area contributed by atoms with Gasteiger partial charge < -0.3 is 15.9 Å². The van der Waals surface area contributed by atoms with Crippen LogP contribution in [0.25, 0.3) is 10.1 Å². The number of fused-ring (bicyclic) bond motifs is 1. The van der Waals surface area contributed by atoms with Gasteiger partial charge in [-0.15, -0.1) is 0 Å². The minimum atomic E-state index is -1.06. The lowest BCUT2D eigenvalue weighted by Gasteiger charge is -2.00. The summed E-state index contributed by atoms with van der Waals surface area (Å²) in [4.78, 5) is 10.7. The van der Waals surface area contributed by atoms with Crippen molar-refractivity contribution in [2.45, 2.75) is 0 Å². The number of carboxylic acids is 1. The molecule has 0 saturated heterocycles. The van der Waals surface area contributed by atoms with Gasteiger partial charge in [-0.3, -0.25) is 0 Å². The molecule has 1 aromatic carbocycles. The third kappa shape index (κ3) is 1.18. The predicted octanol–water partition coefficient (Wildman–Crippen LogP) is 1.89. The zero-order valence-electron chi connectivity index (χ0n) is 7.02. The maximum absolute atomic E-state index is 10.7. The second-order valence-corrected chi connectivity index (χ2v) is 3.87. The molecule has 0 bridgehead atoms. The highest BCUT2D eigenvalue weighted by Gasteiger charge is 2.12. The summed E-state index contributed by atoms with van der Waals surface area (Å²) in [7, 11) is 0. The number of aromatic carboxylic acids is 1. The highest BCUT2D eigenvalue weighted by Crippen LogP contribution is 2.36. The topological polar surface area (TPSA) is 83.6 Å². The van der Waals surface area contributed by atoms with Gasteiger partial charge in [0.2, 0.25) is 0 Å². The first-order valence-electron chi connectivity index (χ1n) is 3.84. The molecule has 0 radical (unpaired) electrons. The number of nitrogen functional groups attached to an aromatic ring is 1. The Morgan fingerprint density at radius 1 is 1.43 bits per heavy atom. The maximum atomic E-state index is 10.7. The number of anilines is 1. The van der Waals surface area contributed by atoms with Crippen molar-refractivity contribution in [3.63, 3.8) is 0 Å². The fourth-order valence-electron chi connectivity index (χ4n) is 1.30. The third-order valence-corrected chi connectivity index (χ3v) is 2.93. The molecule has 0 aliphatic heterocycles. The minimum absolute atomic E-state index is 0.0688. The molecule has 4 nitrogen and oxygen atoms in total. The van der Waals surface area contributed by atoms with Crippen molar-refractivity contribution in [1.82, 2.24) is 0 Å². The van der Waals surface area contributed by atoms with Gasteiger partial charge in [-0.25, -0.2) is 4.79 Å². The summed E-state index contributed by atoms with van der Waals surface area (Å²) >= 11 is 1.08. The van der Waals surface area contributed by atoms with Gasteiger partial charge in [0, 0.05) is 0 Å². The van der Waals surface area contributed by atoms with E-state index in [1.807, 2.05) is 0 Å². The lowest BCUT2D eigenvalue weighted by Crippen LogP contribution is -2.01. The van der Waals surface area contributed by atoms with E-state index in [0.717, 1.165) is 16.7 Å². The number of hydrogen-bond acceptors (Lipinski definition) is 4. The molecule has 5 heteroatoms. The number of thiophene rings is 1. The fraction of sp³-hybridized carbons (Fsp3) is 0. The monoisotopic (exact) mass is 209 g/mol. The predicted molar refractivity (Wildman–Crippen MR) is 54.9 cm³/mol. The molecule has 0 spiro atoms. The molecule has 0 aliphatic carbocycles. The Balaban J connectivity index is 2.80. The van der Waals surface area contributed by atoms with Crippen molar-refractivity contribution < 1.29 is 15.0 Å². The van der Waals surface area contributed by atoms with Gasteiger partial charge in [0.05, 0.1) is 16.0 Å². The number of rotatable bonds is 1. The highest BCUT2D eigenvalue weighted by molar-refractivity contribution is 7.21. The van der Waals surface area contributed by atoms with Crippen LogP contribution in [0.15, 0.2) is 18.2 Å². The molecule has 1 heterocycles. The van der Waals surface area contributed by atoms with Crippen LogP contribution in [0, 0.1) is 0 Å². The second-order valence-electron chi connectivity index (χ2n) is 2.83. The highest BCUT2D eigenvalue weighted by atomic mass is 32.1. The molecule has 0 saturated carbocycles. The number of carbonyl (C=O) groups is 1. The minimum Gasteiger partial charge on any atom is -0.499 e. The van der Waals surface area contributed by atoms with E-state index in [1.54, 1.807) is 12.1 Å². The molecule has 0 aliphatic rings. The van der Waals surface area contributed by atoms with E-state index in [4.69, 9.17) is 10.8 Å². The lowest BCUT2D eigenvalue weighted by atomic mass is 10.1. The molecule has 0 unspecified atom stereocenters. The SMILES string of the molecule is Nc1c(C(=O)O)ccc2cc(O)sc12. The molecule has 0 atom stereocenters. The van der Waals surface area contributed by atoms with Crippen LogP contribution in [0.3, 0.4) is 0 Å².